The standard InChI is InChI=1S/C14H17N3O2S/c1-10-17-12(9-20-10)7-15-14(19)16-8-13(18)11-5-3-2-4-6-11/h2-6,9,13,18H,7-8H2,1H3,(H2,15,16,19). The Morgan fingerprint density at radius 2 is 2.10 bits per heavy atom. The van der Waals surface area contributed by atoms with Crippen molar-refractivity contribution in [2.45, 2.75) is 19.6 Å². The molecule has 0 bridgehead atoms. The smallest absolute Gasteiger partial charge is 0.315 e. The first-order chi connectivity index (χ1) is 9.65. The van der Waals surface area contributed by atoms with Gasteiger partial charge in [-0.3, -0.25) is 0 Å². The van der Waals surface area contributed by atoms with Gasteiger partial charge < -0.3 is 15.7 Å². The normalized spacial score (nSPS) is 11.9. The minimum absolute atomic E-state index is 0.173. The number of thiazole rings is 1. The van der Waals surface area contributed by atoms with E-state index >= 15 is 0 Å². The van der Waals surface area contributed by atoms with Gasteiger partial charge in [-0.1, -0.05) is 30.3 Å². The van der Waals surface area contributed by atoms with Crippen molar-refractivity contribution in [2.75, 3.05) is 6.54 Å². The van der Waals surface area contributed by atoms with Gasteiger partial charge in [-0.15, -0.1) is 11.3 Å². The number of hydrogen-bond acceptors (Lipinski definition) is 4. The predicted molar refractivity (Wildman–Crippen MR) is 78.5 cm³/mol. The van der Waals surface area contributed by atoms with E-state index in [1.807, 2.05) is 42.6 Å². The highest BCUT2D eigenvalue weighted by atomic mass is 32.1. The van der Waals surface area contributed by atoms with E-state index in [2.05, 4.69) is 15.6 Å². The van der Waals surface area contributed by atoms with Gasteiger partial charge >= 0.3 is 6.03 Å². The molecule has 20 heavy (non-hydrogen) atoms. The number of hydrogen-bond donors (Lipinski definition) is 3. The molecule has 0 spiro atoms. The second-order valence-electron chi connectivity index (χ2n) is 4.35. The molecule has 0 saturated carbocycles. The predicted octanol–water partition coefficient (Wildman–Crippen LogP) is 1.98. The zero-order chi connectivity index (χ0) is 14.4. The molecule has 1 heterocycles. The summed E-state index contributed by atoms with van der Waals surface area (Å²) in [7, 11) is 0. The fraction of sp³-hybridized carbons (Fsp3) is 0.286. The van der Waals surface area contributed by atoms with Crippen LogP contribution >= 0.6 is 11.3 Å². The van der Waals surface area contributed by atoms with Gasteiger partial charge in [-0.2, -0.15) is 0 Å². The lowest BCUT2D eigenvalue weighted by atomic mass is 10.1. The van der Waals surface area contributed by atoms with Gasteiger partial charge in [0.25, 0.3) is 0 Å². The molecule has 2 rings (SSSR count). The van der Waals surface area contributed by atoms with E-state index in [0.717, 1.165) is 16.3 Å². The summed E-state index contributed by atoms with van der Waals surface area (Å²) in [5, 5.41) is 18.1. The lowest BCUT2D eigenvalue weighted by Gasteiger charge is -2.12. The largest absolute Gasteiger partial charge is 0.387 e. The molecule has 1 aromatic carbocycles. The molecule has 0 aliphatic rings. The fourth-order valence-electron chi connectivity index (χ4n) is 1.71. The highest BCUT2D eigenvalue weighted by Gasteiger charge is 2.09. The topological polar surface area (TPSA) is 74.2 Å². The number of nitrogens with one attached hydrogen (secondary N) is 2. The van der Waals surface area contributed by atoms with E-state index < -0.39 is 6.10 Å². The van der Waals surface area contributed by atoms with E-state index in [9.17, 15) is 9.90 Å². The summed E-state index contributed by atoms with van der Waals surface area (Å²) in [6, 6.07) is 8.91. The molecular weight excluding hydrogens is 274 g/mol. The van der Waals surface area contributed by atoms with E-state index in [-0.39, 0.29) is 12.6 Å². The number of aliphatic hydroxyl groups is 1. The maximum Gasteiger partial charge on any atom is 0.315 e. The highest BCUT2D eigenvalue weighted by Crippen LogP contribution is 2.10. The number of benzene rings is 1. The van der Waals surface area contributed by atoms with Crippen molar-refractivity contribution in [1.29, 1.82) is 0 Å². The SMILES string of the molecule is Cc1nc(CNC(=O)NCC(O)c2ccccc2)cs1. The summed E-state index contributed by atoms with van der Waals surface area (Å²) < 4.78 is 0. The summed E-state index contributed by atoms with van der Waals surface area (Å²) in [5.74, 6) is 0. The summed E-state index contributed by atoms with van der Waals surface area (Å²) in [4.78, 5) is 15.9. The molecule has 6 heteroatoms. The number of carbonyl (C=O) groups is 1. The Labute approximate surface area is 121 Å². The van der Waals surface area contributed by atoms with Crippen molar-refractivity contribution < 1.29 is 9.90 Å². The highest BCUT2D eigenvalue weighted by molar-refractivity contribution is 7.09. The van der Waals surface area contributed by atoms with Crippen LogP contribution in [0.3, 0.4) is 0 Å². The van der Waals surface area contributed by atoms with Crippen LogP contribution in [0.15, 0.2) is 35.7 Å². The van der Waals surface area contributed by atoms with Crippen LogP contribution in [0.2, 0.25) is 0 Å². The summed E-state index contributed by atoms with van der Waals surface area (Å²) in [6.07, 6.45) is -0.705. The van der Waals surface area contributed by atoms with Crippen LogP contribution in [0.25, 0.3) is 0 Å². The number of aliphatic hydroxyl groups excluding tert-OH is 1. The molecule has 3 N–H and O–H groups in total. The first-order valence-corrected chi connectivity index (χ1v) is 7.19. The number of aromatic nitrogens is 1. The molecule has 1 unspecified atom stereocenters. The van der Waals surface area contributed by atoms with Crippen LogP contribution in [0.5, 0.6) is 0 Å². The Morgan fingerprint density at radius 1 is 1.35 bits per heavy atom. The van der Waals surface area contributed by atoms with Gasteiger partial charge in [-0.05, 0) is 12.5 Å². The first-order valence-electron chi connectivity index (χ1n) is 6.31. The molecular formula is C14H17N3O2S. The number of carbonyl (C=O) groups excluding carboxylic acids is 1. The van der Waals surface area contributed by atoms with Crippen LogP contribution in [0.1, 0.15) is 22.4 Å². The Morgan fingerprint density at radius 3 is 2.75 bits per heavy atom. The average Bonchev–Trinajstić information content (AvgIpc) is 2.89. The Bertz CT molecular complexity index is 557. The summed E-state index contributed by atoms with van der Waals surface area (Å²) in [6.45, 7) is 2.48. The van der Waals surface area contributed by atoms with Crippen molar-refractivity contribution in [3.05, 3.63) is 52.0 Å². The van der Waals surface area contributed by atoms with E-state index in [1.165, 1.54) is 0 Å². The van der Waals surface area contributed by atoms with Gasteiger partial charge in [0.15, 0.2) is 0 Å². The molecule has 1 atom stereocenters. The van der Waals surface area contributed by atoms with Crippen LogP contribution in [0.4, 0.5) is 4.79 Å². The van der Waals surface area contributed by atoms with Gasteiger partial charge in [-0.25, -0.2) is 9.78 Å². The zero-order valence-corrected chi connectivity index (χ0v) is 12.0. The average molecular weight is 291 g/mol. The summed E-state index contributed by atoms with van der Waals surface area (Å²) >= 11 is 1.55. The van der Waals surface area contributed by atoms with Crippen molar-refractivity contribution in [2.24, 2.45) is 0 Å². The lowest BCUT2D eigenvalue weighted by Crippen LogP contribution is -2.37. The number of aryl methyl sites for hydroxylation is 1. The second-order valence-corrected chi connectivity index (χ2v) is 5.41. The van der Waals surface area contributed by atoms with E-state index in [1.54, 1.807) is 11.3 Å². The number of nitrogens with zero attached hydrogens (tertiary/aromatic N) is 1. The third-order valence-electron chi connectivity index (χ3n) is 2.74. The van der Waals surface area contributed by atoms with Crippen molar-refractivity contribution in [1.82, 2.24) is 15.6 Å². The molecule has 1 aromatic heterocycles. The first kappa shape index (κ1) is 14.5. The van der Waals surface area contributed by atoms with E-state index in [4.69, 9.17) is 0 Å². The van der Waals surface area contributed by atoms with Gasteiger partial charge in [0, 0.05) is 11.9 Å². The van der Waals surface area contributed by atoms with Crippen LogP contribution in [0, 0.1) is 6.92 Å². The fourth-order valence-corrected chi connectivity index (χ4v) is 2.32. The Kier molecular flexibility index (Phi) is 5.09. The molecule has 0 saturated heterocycles. The molecule has 0 aliphatic carbocycles. The van der Waals surface area contributed by atoms with Gasteiger partial charge in [0.05, 0.1) is 23.4 Å². The lowest BCUT2D eigenvalue weighted by molar-refractivity contribution is 0.173. The number of rotatable bonds is 5. The van der Waals surface area contributed by atoms with Crippen LogP contribution in [-0.2, 0) is 6.54 Å². The number of urea groups is 1. The Balaban J connectivity index is 1.72. The van der Waals surface area contributed by atoms with Crippen LogP contribution < -0.4 is 10.6 Å². The molecule has 0 fully saturated rings. The Hall–Kier alpha value is -1.92. The maximum absolute atomic E-state index is 11.6. The molecule has 5 nitrogen and oxygen atoms in total. The maximum atomic E-state index is 11.6. The third kappa shape index (κ3) is 4.32. The zero-order valence-electron chi connectivity index (χ0n) is 11.2. The van der Waals surface area contributed by atoms with E-state index in [0.29, 0.717) is 6.54 Å². The van der Waals surface area contributed by atoms with Crippen molar-refractivity contribution >= 4 is 17.4 Å². The molecule has 2 amide bonds. The van der Waals surface area contributed by atoms with Crippen molar-refractivity contribution in [3.63, 3.8) is 0 Å². The minimum atomic E-state index is -0.705. The molecule has 2 aromatic rings. The second kappa shape index (κ2) is 7.02. The molecule has 0 aliphatic heterocycles. The van der Waals surface area contributed by atoms with Gasteiger partial charge in [0.1, 0.15) is 0 Å². The molecule has 0 radical (unpaired) electrons. The quantitative estimate of drug-likeness (QED) is 0.788. The van der Waals surface area contributed by atoms with Crippen molar-refractivity contribution in [3.8, 4) is 0 Å². The third-order valence-corrected chi connectivity index (χ3v) is 3.56. The number of amides is 2. The monoisotopic (exact) mass is 291 g/mol. The minimum Gasteiger partial charge on any atom is -0.387 e. The molecule has 106 valence electrons. The summed E-state index contributed by atoms with van der Waals surface area (Å²) in [5.41, 5.74) is 1.62. The van der Waals surface area contributed by atoms with Gasteiger partial charge in [0.2, 0.25) is 0 Å². The van der Waals surface area contributed by atoms with Crippen LogP contribution in [-0.4, -0.2) is 22.7 Å².